The van der Waals surface area contributed by atoms with E-state index in [0.29, 0.717) is 31.4 Å². The number of anilines is 2. The number of carbonyl (C=O) groups is 2. The third-order valence-electron chi connectivity index (χ3n) is 6.32. The highest BCUT2D eigenvalue weighted by molar-refractivity contribution is 6.00. The molecule has 1 atom stereocenters. The number of hydrogen-bond acceptors (Lipinski definition) is 3. The zero-order chi connectivity index (χ0) is 22.1. The van der Waals surface area contributed by atoms with Crippen molar-refractivity contribution in [2.24, 2.45) is 5.92 Å². The van der Waals surface area contributed by atoms with Gasteiger partial charge in [-0.05, 0) is 61.6 Å². The standard InChI is InChI=1S/C23H24F3N3O2/c24-17-5-7-18(8-6-17)28-21(31)22(10-2-11-22)16-4-9-19(27-14-16)29-20(30)15-3-1-12-23(25,26)13-15/h4-9,14-15H,1-3,10-13H2,(H,28,31)(H,27,29,30). The lowest BCUT2D eigenvalue weighted by atomic mass is 9.64. The molecule has 31 heavy (non-hydrogen) atoms. The summed E-state index contributed by atoms with van der Waals surface area (Å²) in [6, 6.07) is 8.91. The van der Waals surface area contributed by atoms with Crippen LogP contribution in [0.1, 0.15) is 50.5 Å². The summed E-state index contributed by atoms with van der Waals surface area (Å²) >= 11 is 0. The number of hydrogen-bond donors (Lipinski definition) is 2. The van der Waals surface area contributed by atoms with Crippen LogP contribution in [0.3, 0.4) is 0 Å². The fraction of sp³-hybridized carbons (Fsp3) is 0.435. The molecule has 8 heteroatoms. The summed E-state index contributed by atoms with van der Waals surface area (Å²) in [5.74, 6) is -4.28. The highest BCUT2D eigenvalue weighted by Gasteiger charge is 2.46. The average Bonchev–Trinajstić information content (AvgIpc) is 2.69. The van der Waals surface area contributed by atoms with Gasteiger partial charge in [0.1, 0.15) is 11.6 Å². The van der Waals surface area contributed by atoms with Gasteiger partial charge in [-0.3, -0.25) is 9.59 Å². The number of pyridine rings is 1. The van der Waals surface area contributed by atoms with Gasteiger partial charge in [0.15, 0.2) is 0 Å². The maximum absolute atomic E-state index is 13.6. The predicted octanol–water partition coefficient (Wildman–Crippen LogP) is 5.05. The third-order valence-corrected chi connectivity index (χ3v) is 6.32. The molecule has 164 valence electrons. The minimum absolute atomic E-state index is 0.175. The fourth-order valence-electron chi connectivity index (χ4n) is 4.34. The first-order valence-corrected chi connectivity index (χ1v) is 10.5. The van der Waals surface area contributed by atoms with Crippen molar-refractivity contribution in [3.63, 3.8) is 0 Å². The van der Waals surface area contributed by atoms with E-state index in [2.05, 4.69) is 15.6 Å². The van der Waals surface area contributed by atoms with E-state index in [1.165, 1.54) is 24.3 Å². The molecule has 5 nitrogen and oxygen atoms in total. The van der Waals surface area contributed by atoms with Crippen molar-refractivity contribution in [1.29, 1.82) is 0 Å². The molecular weight excluding hydrogens is 407 g/mol. The van der Waals surface area contributed by atoms with Crippen LogP contribution in [0, 0.1) is 11.7 Å². The van der Waals surface area contributed by atoms with Crippen LogP contribution in [0.15, 0.2) is 42.6 Å². The molecule has 2 aromatic rings. The van der Waals surface area contributed by atoms with Crippen molar-refractivity contribution in [2.75, 3.05) is 10.6 Å². The van der Waals surface area contributed by atoms with E-state index < -0.39 is 29.6 Å². The highest BCUT2D eigenvalue weighted by atomic mass is 19.3. The molecule has 4 rings (SSSR count). The molecule has 2 aliphatic carbocycles. The smallest absolute Gasteiger partial charge is 0.248 e. The van der Waals surface area contributed by atoms with Crippen LogP contribution in [0.2, 0.25) is 0 Å². The molecule has 2 amide bonds. The van der Waals surface area contributed by atoms with Crippen LogP contribution in [0.5, 0.6) is 0 Å². The summed E-state index contributed by atoms with van der Waals surface area (Å²) in [4.78, 5) is 29.6. The molecule has 2 aliphatic rings. The number of rotatable bonds is 5. The van der Waals surface area contributed by atoms with Gasteiger partial charge in [-0.15, -0.1) is 0 Å². The van der Waals surface area contributed by atoms with E-state index in [4.69, 9.17) is 0 Å². The van der Waals surface area contributed by atoms with Gasteiger partial charge in [-0.2, -0.15) is 0 Å². The summed E-state index contributed by atoms with van der Waals surface area (Å²) in [6.07, 6.45) is 3.90. The highest BCUT2D eigenvalue weighted by Crippen LogP contribution is 2.44. The molecule has 2 saturated carbocycles. The zero-order valence-corrected chi connectivity index (χ0v) is 17.0. The fourth-order valence-corrected chi connectivity index (χ4v) is 4.34. The number of alkyl halides is 2. The van der Waals surface area contributed by atoms with Crippen molar-refractivity contribution in [2.45, 2.75) is 56.3 Å². The first kappa shape index (κ1) is 21.3. The van der Waals surface area contributed by atoms with E-state index in [0.717, 1.165) is 12.0 Å². The Morgan fingerprint density at radius 3 is 2.29 bits per heavy atom. The van der Waals surface area contributed by atoms with Crippen molar-refractivity contribution in [3.8, 4) is 0 Å². The number of nitrogens with one attached hydrogen (secondary N) is 2. The number of benzene rings is 1. The molecule has 0 spiro atoms. The Hall–Kier alpha value is -2.90. The molecule has 1 aromatic carbocycles. The van der Waals surface area contributed by atoms with Gasteiger partial charge in [0.25, 0.3) is 0 Å². The number of amides is 2. The van der Waals surface area contributed by atoms with Crippen LogP contribution >= 0.6 is 0 Å². The molecule has 2 N–H and O–H groups in total. The van der Waals surface area contributed by atoms with Gasteiger partial charge < -0.3 is 10.6 Å². The van der Waals surface area contributed by atoms with Crippen LogP contribution in [-0.4, -0.2) is 22.7 Å². The Labute approximate surface area is 178 Å². The summed E-state index contributed by atoms with van der Waals surface area (Å²) in [5, 5.41) is 5.45. The van der Waals surface area contributed by atoms with E-state index in [1.54, 1.807) is 18.3 Å². The molecule has 1 aromatic heterocycles. The van der Waals surface area contributed by atoms with Gasteiger partial charge in [0.2, 0.25) is 17.7 Å². The predicted molar refractivity (Wildman–Crippen MR) is 110 cm³/mol. The molecule has 0 saturated heterocycles. The minimum atomic E-state index is -2.80. The van der Waals surface area contributed by atoms with Gasteiger partial charge in [-0.1, -0.05) is 12.5 Å². The first-order valence-electron chi connectivity index (χ1n) is 10.5. The Kier molecular flexibility index (Phi) is 5.73. The monoisotopic (exact) mass is 431 g/mol. The number of carbonyl (C=O) groups excluding carboxylic acids is 2. The summed E-state index contributed by atoms with van der Waals surface area (Å²) < 4.78 is 40.3. The van der Waals surface area contributed by atoms with E-state index in [-0.39, 0.29) is 24.0 Å². The number of aromatic nitrogens is 1. The van der Waals surface area contributed by atoms with E-state index in [9.17, 15) is 22.8 Å². The average molecular weight is 431 g/mol. The second-order valence-corrected chi connectivity index (χ2v) is 8.47. The Balaban J connectivity index is 1.43. The molecule has 0 aliphatic heterocycles. The van der Waals surface area contributed by atoms with Gasteiger partial charge in [0, 0.05) is 30.6 Å². The maximum atomic E-state index is 13.6. The normalized spacial score (nSPS) is 21.6. The SMILES string of the molecule is O=C(Nc1ccc(C2(C(=O)Nc3ccc(F)cc3)CCC2)cn1)C1CCCC(F)(F)C1. The molecule has 2 fully saturated rings. The largest absolute Gasteiger partial charge is 0.325 e. The lowest BCUT2D eigenvalue weighted by Gasteiger charge is -2.40. The molecule has 0 bridgehead atoms. The first-order chi connectivity index (χ1) is 14.8. The topological polar surface area (TPSA) is 71.1 Å². The molecule has 0 radical (unpaired) electrons. The quantitative estimate of drug-likeness (QED) is 0.696. The Bertz CT molecular complexity index is 957. The molecular formula is C23H24F3N3O2. The zero-order valence-electron chi connectivity index (χ0n) is 17.0. The van der Waals surface area contributed by atoms with Gasteiger partial charge in [-0.25, -0.2) is 18.2 Å². The second kappa shape index (κ2) is 8.32. The van der Waals surface area contributed by atoms with Crippen molar-refractivity contribution in [1.82, 2.24) is 4.98 Å². The lowest BCUT2D eigenvalue weighted by Crippen LogP contribution is -2.46. The van der Waals surface area contributed by atoms with E-state index in [1.807, 2.05) is 0 Å². The van der Waals surface area contributed by atoms with Crippen molar-refractivity contribution < 1.29 is 22.8 Å². The minimum Gasteiger partial charge on any atom is -0.325 e. The van der Waals surface area contributed by atoms with Crippen molar-refractivity contribution in [3.05, 3.63) is 54.0 Å². The number of nitrogens with zero attached hydrogens (tertiary/aromatic N) is 1. The molecule has 1 heterocycles. The van der Waals surface area contributed by atoms with Crippen molar-refractivity contribution >= 4 is 23.3 Å². The van der Waals surface area contributed by atoms with Crippen LogP contribution in [0.25, 0.3) is 0 Å². The second-order valence-electron chi connectivity index (χ2n) is 8.47. The summed E-state index contributed by atoms with van der Waals surface area (Å²) in [7, 11) is 0. The summed E-state index contributed by atoms with van der Waals surface area (Å²) in [5.41, 5.74) is 0.509. The lowest BCUT2D eigenvalue weighted by molar-refractivity contribution is -0.127. The van der Waals surface area contributed by atoms with Gasteiger partial charge >= 0.3 is 0 Å². The summed E-state index contributed by atoms with van der Waals surface area (Å²) in [6.45, 7) is 0. The maximum Gasteiger partial charge on any atom is 0.248 e. The Morgan fingerprint density at radius 1 is 0.968 bits per heavy atom. The van der Waals surface area contributed by atoms with E-state index >= 15 is 0 Å². The van der Waals surface area contributed by atoms with Crippen LogP contribution in [-0.2, 0) is 15.0 Å². The van der Waals surface area contributed by atoms with Gasteiger partial charge in [0.05, 0.1) is 5.41 Å². The van der Waals surface area contributed by atoms with Crippen LogP contribution < -0.4 is 10.6 Å². The third kappa shape index (κ3) is 4.57. The molecule has 1 unspecified atom stereocenters. The van der Waals surface area contributed by atoms with Crippen LogP contribution in [0.4, 0.5) is 24.7 Å². The number of halogens is 3. The Morgan fingerprint density at radius 2 is 1.71 bits per heavy atom.